The van der Waals surface area contributed by atoms with Gasteiger partial charge < -0.3 is 9.64 Å². The van der Waals surface area contributed by atoms with Crippen molar-refractivity contribution in [3.63, 3.8) is 0 Å². The molecule has 0 aromatic heterocycles. The van der Waals surface area contributed by atoms with E-state index in [1.54, 1.807) is 0 Å². The third-order valence-electron chi connectivity index (χ3n) is 5.53. The Hall–Kier alpha value is -3.03. The van der Waals surface area contributed by atoms with E-state index in [-0.39, 0.29) is 6.54 Å². The molecule has 2 aromatic carbocycles. The van der Waals surface area contributed by atoms with Crippen LogP contribution < -0.4 is 5.43 Å². The first kappa shape index (κ1) is 22.2. The van der Waals surface area contributed by atoms with Crippen LogP contribution in [0.1, 0.15) is 30.4 Å². The molecule has 32 heavy (non-hydrogen) atoms. The number of benzene rings is 2. The van der Waals surface area contributed by atoms with Gasteiger partial charge in [-0.1, -0.05) is 48.0 Å². The van der Waals surface area contributed by atoms with Crippen molar-refractivity contribution < 1.29 is 9.53 Å². The molecule has 4 rings (SSSR count). The van der Waals surface area contributed by atoms with Gasteiger partial charge in [-0.05, 0) is 38.1 Å². The number of ether oxygens (including phenoxy) is 1. The molecule has 1 fully saturated rings. The zero-order valence-electron chi connectivity index (χ0n) is 18.1. The predicted molar refractivity (Wildman–Crippen MR) is 128 cm³/mol. The monoisotopic (exact) mass is 451 g/mol. The Kier molecular flexibility index (Phi) is 7.29. The van der Waals surface area contributed by atoms with E-state index in [2.05, 4.69) is 15.4 Å². The Morgan fingerprint density at radius 1 is 1.12 bits per heavy atom. The molecule has 0 spiro atoms. The first-order valence-corrected chi connectivity index (χ1v) is 11.1. The summed E-state index contributed by atoms with van der Waals surface area (Å²) in [5.41, 5.74) is 6.58. The largest absolute Gasteiger partial charge is 0.464 e. The van der Waals surface area contributed by atoms with E-state index in [0.29, 0.717) is 23.0 Å². The second-order valence-electron chi connectivity index (χ2n) is 7.68. The number of carbonyl (C=O) groups excluding carboxylic acids is 1. The second kappa shape index (κ2) is 10.5. The Labute approximate surface area is 192 Å². The summed E-state index contributed by atoms with van der Waals surface area (Å²) in [6.07, 6.45) is 2.91. The minimum atomic E-state index is -0.438. The highest BCUT2D eigenvalue weighted by molar-refractivity contribution is 6.37. The minimum Gasteiger partial charge on any atom is -0.464 e. The summed E-state index contributed by atoms with van der Waals surface area (Å²) in [5, 5.41) is 4.98. The van der Waals surface area contributed by atoms with Crippen LogP contribution in [-0.2, 0) is 9.53 Å². The lowest BCUT2D eigenvalue weighted by molar-refractivity contribution is -0.132. The fourth-order valence-electron chi connectivity index (χ4n) is 3.86. The fourth-order valence-corrected chi connectivity index (χ4v) is 4.08. The Morgan fingerprint density at radius 3 is 2.59 bits per heavy atom. The lowest BCUT2D eigenvalue weighted by Crippen LogP contribution is -2.29. The molecule has 0 amide bonds. The van der Waals surface area contributed by atoms with Crippen LogP contribution in [0.15, 0.2) is 63.6 Å². The van der Waals surface area contributed by atoms with E-state index in [1.807, 2.05) is 48.5 Å². The van der Waals surface area contributed by atoms with Gasteiger partial charge in [0, 0.05) is 29.1 Å². The van der Waals surface area contributed by atoms with E-state index in [1.165, 1.54) is 20.0 Å². The molecule has 2 heterocycles. The average Bonchev–Trinajstić information content (AvgIpc) is 3.27. The summed E-state index contributed by atoms with van der Waals surface area (Å²) >= 11 is 6.44. The predicted octanol–water partition coefficient (Wildman–Crippen LogP) is 3.83. The molecule has 7 nitrogen and oxygen atoms in total. The van der Waals surface area contributed by atoms with Crippen molar-refractivity contribution in [3.8, 4) is 0 Å². The Bertz CT molecular complexity index is 1070. The van der Waals surface area contributed by atoms with Crippen LogP contribution in [0.5, 0.6) is 0 Å². The maximum Gasteiger partial charge on any atom is 0.354 e. The number of amidine groups is 1. The van der Waals surface area contributed by atoms with Crippen LogP contribution in [-0.4, -0.2) is 61.4 Å². The lowest BCUT2D eigenvalue weighted by Gasteiger charge is -2.14. The van der Waals surface area contributed by atoms with Crippen molar-refractivity contribution in [2.24, 2.45) is 15.1 Å². The van der Waals surface area contributed by atoms with E-state index in [0.717, 1.165) is 42.2 Å². The number of carbonyl (C=O) groups is 1. The molecule has 0 radical (unpaired) electrons. The molecule has 166 valence electrons. The Balaban J connectivity index is 1.57. The van der Waals surface area contributed by atoms with Gasteiger partial charge in [-0.3, -0.25) is 10.4 Å². The summed E-state index contributed by atoms with van der Waals surface area (Å²) < 4.78 is 4.93. The third-order valence-corrected chi connectivity index (χ3v) is 5.86. The number of rotatable bonds is 6. The molecule has 1 saturated heterocycles. The molecule has 2 aliphatic heterocycles. The number of hydrazone groups is 1. The first-order valence-electron chi connectivity index (χ1n) is 10.8. The van der Waals surface area contributed by atoms with Crippen LogP contribution in [0.4, 0.5) is 5.69 Å². The number of halogens is 1. The number of hydrogen-bond donors (Lipinski definition) is 1. The highest BCUT2D eigenvalue weighted by Crippen LogP contribution is 2.28. The molecular weight excluding hydrogens is 426 g/mol. The Morgan fingerprint density at radius 2 is 1.84 bits per heavy atom. The number of methoxy groups -OCH3 is 1. The highest BCUT2D eigenvalue weighted by atomic mass is 35.5. The number of hydrogen-bond acceptors (Lipinski definition) is 7. The SMILES string of the molecule is COC(=O)/C(CCN1CCCC1)=N\NC1=Nc2ccccc2C(c2ccccc2Cl)=NC1. The number of likely N-dealkylation sites (tertiary alicyclic amines) is 1. The maximum atomic E-state index is 12.2. The van der Waals surface area contributed by atoms with Crippen molar-refractivity contribution in [1.82, 2.24) is 10.3 Å². The lowest BCUT2D eigenvalue weighted by atomic mass is 10.0. The van der Waals surface area contributed by atoms with Crippen molar-refractivity contribution in [1.29, 1.82) is 0 Å². The number of para-hydroxylation sites is 1. The van der Waals surface area contributed by atoms with Gasteiger partial charge in [-0.15, -0.1) is 0 Å². The number of aliphatic imine (C=N–C) groups is 2. The van der Waals surface area contributed by atoms with Crippen LogP contribution in [0.3, 0.4) is 0 Å². The number of nitrogens with one attached hydrogen (secondary N) is 1. The van der Waals surface area contributed by atoms with Crippen LogP contribution >= 0.6 is 11.6 Å². The van der Waals surface area contributed by atoms with Crippen molar-refractivity contribution in [3.05, 3.63) is 64.7 Å². The summed E-state index contributed by atoms with van der Waals surface area (Å²) in [7, 11) is 1.37. The van der Waals surface area contributed by atoms with Gasteiger partial charge in [-0.2, -0.15) is 5.10 Å². The van der Waals surface area contributed by atoms with Crippen molar-refractivity contribution >= 4 is 40.5 Å². The van der Waals surface area contributed by atoms with Crippen LogP contribution in [0.2, 0.25) is 5.02 Å². The van der Waals surface area contributed by atoms with E-state index in [4.69, 9.17) is 26.3 Å². The topological polar surface area (TPSA) is 78.6 Å². The van der Waals surface area contributed by atoms with Crippen molar-refractivity contribution in [2.45, 2.75) is 19.3 Å². The molecule has 8 heteroatoms. The zero-order valence-corrected chi connectivity index (χ0v) is 18.8. The minimum absolute atomic E-state index is 0.277. The fraction of sp³-hybridized carbons (Fsp3) is 0.333. The van der Waals surface area contributed by atoms with Gasteiger partial charge in [0.15, 0.2) is 0 Å². The van der Waals surface area contributed by atoms with Crippen LogP contribution in [0, 0.1) is 0 Å². The van der Waals surface area contributed by atoms with Gasteiger partial charge in [0.1, 0.15) is 11.5 Å². The molecule has 0 aliphatic carbocycles. The summed E-state index contributed by atoms with van der Waals surface area (Å²) in [6.45, 7) is 3.18. The summed E-state index contributed by atoms with van der Waals surface area (Å²) in [4.78, 5) is 24.1. The smallest absolute Gasteiger partial charge is 0.354 e. The number of fused-ring (bicyclic) bond motifs is 1. The quantitative estimate of drug-likeness (QED) is 0.411. The third kappa shape index (κ3) is 5.23. The first-order chi connectivity index (χ1) is 15.7. The normalized spacial score (nSPS) is 16.6. The molecular formula is C24H26ClN5O2. The summed E-state index contributed by atoms with van der Waals surface area (Å²) in [6, 6.07) is 15.4. The van der Waals surface area contributed by atoms with E-state index >= 15 is 0 Å². The maximum absolute atomic E-state index is 12.2. The van der Waals surface area contributed by atoms with E-state index in [9.17, 15) is 4.79 Å². The zero-order chi connectivity index (χ0) is 22.3. The van der Waals surface area contributed by atoms with Crippen LogP contribution in [0.25, 0.3) is 0 Å². The van der Waals surface area contributed by atoms with Gasteiger partial charge in [0.05, 0.1) is 25.1 Å². The molecule has 2 aliphatic rings. The molecule has 1 N–H and O–H groups in total. The highest BCUT2D eigenvalue weighted by Gasteiger charge is 2.19. The van der Waals surface area contributed by atoms with Gasteiger partial charge in [0.2, 0.25) is 0 Å². The second-order valence-corrected chi connectivity index (χ2v) is 8.09. The molecule has 0 bridgehead atoms. The molecule has 2 aromatic rings. The molecule has 0 unspecified atom stereocenters. The number of esters is 1. The summed E-state index contributed by atoms with van der Waals surface area (Å²) in [5.74, 6) is 0.105. The molecule has 0 atom stereocenters. The van der Waals surface area contributed by atoms with Gasteiger partial charge in [0.25, 0.3) is 0 Å². The standard InChI is InChI=1S/C24H26ClN5O2/c1-32-24(31)21(12-15-30-13-6-7-14-30)28-29-22-16-26-23(17-8-2-4-10-19(17)25)18-9-3-5-11-20(18)27-22/h2-5,8-11H,6-7,12-16H2,1H3,(H,27,29)/b28-21-. The number of nitrogens with zero attached hydrogens (tertiary/aromatic N) is 4. The van der Waals surface area contributed by atoms with Gasteiger partial charge >= 0.3 is 5.97 Å². The molecule has 0 saturated carbocycles. The average molecular weight is 452 g/mol. The van der Waals surface area contributed by atoms with Crippen molar-refractivity contribution in [2.75, 3.05) is 33.3 Å². The van der Waals surface area contributed by atoms with E-state index < -0.39 is 5.97 Å². The van der Waals surface area contributed by atoms with Gasteiger partial charge in [-0.25, -0.2) is 9.79 Å².